The van der Waals surface area contributed by atoms with Gasteiger partial charge in [-0.3, -0.25) is 0 Å². The van der Waals surface area contributed by atoms with Crippen LogP contribution in [0.3, 0.4) is 0 Å². The van der Waals surface area contributed by atoms with Gasteiger partial charge in [-0.2, -0.15) is 5.10 Å². The van der Waals surface area contributed by atoms with Crippen LogP contribution in [-0.2, 0) is 13.0 Å². The molecule has 0 saturated carbocycles. The average Bonchev–Trinajstić information content (AvgIpc) is 3.27. The van der Waals surface area contributed by atoms with Gasteiger partial charge in [0, 0.05) is 36.1 Å². The summed E-state index contributed by atoms with van der Waals surface area (Å²) in [6, 6.07) is 10.1. The van der Waals surface area contributed by atoms with E-state index in [0.29, 0.717) is 6.54 Å². The number of hydrogen-bond donors (Lipinski definition) is 2. The maximum Gasteiger partial charge on any atom is 0.191 e. The number of aryl methyl sites for hydroxylation is 2. The third-order valence-electron chi connectivity index (χ3n) is 4.12. The molecule has 0 amide bonds. The Kier molecular flexibility index (Phi) is 8.91. The molecule has 0 atom stereocenters. The van der Waals surface area contributed by atoms with Crippen LogP contribution in [0.1, 0.15) is 28.1 Å². The lowest BCUT2D eigenvalue weighted by Crippen LogP contribution is -2.38. The van der Waals surface area contributed by atoms with Crippen LogP contribution in [0.4, 0.5) is 0 Å². The van der Waals surface area contributed by atoms with Crippen LogP contribution in [0, 0.1) is 13.8 Å². The number of aromatic nitrogens is 3. The monoisotopic (exact) mass is 510 g/mol. The highest BCUT2D eigenvalue weighted by atomic mass is 127. The topological polar surface area (TPSA) is 67.1 Å². The second kappa shape index (κ2) is 11.2. The van der Waals surface area contributed by atoms with Crippen molar-refractivity contribution in [3.05, 3.63) is 63.9 Å². The summed E-state index contributed by atoms with van der Waals surface area (Å²) in [7, 11) is 0. The Balaban J connectivity index is 0.00000280. The van der Waals surface area contributed by atoms with Crippen LogP contribution in [0.25, 0.3) is 5.69 Å². The standard InChI is InChI=1S/C20H26N6S.HI/c1-4-21-20(22-11-10-19-25-15(2)16(3)27-19)23-12-17-13-24-26(14-17)18-8-6-5-7-9-18;/h5-9,13-14H,4,10-12H2,1-3H3,(H2,21,22,23);1H. The lowest BCUT2D eigenvalue weighted by atomic mass is 10.3. The number of rotatable bonds is 7. The first-order valence-electron chi connectivity index (χ1n) is 9.19. The number of halogens is 1. The molecule has 3 rings (SSSR count). The van der Waals surface area contributed by atoms with Crippen LogP contribution in [0.5, 0.6) is 0 Å². The summed E-state index contributed by atoms with van der Waals surface area (Å²) >= 11 is 1.77. The Morgan fingerprint density at radius 2 is 1.96 bits per heavy atom. The summed E-state index contributed by atoms with van der Waals surface area (Å²) in [6.07, 6.45) is 4.78. The minimum Gasteiger partial charge on any atom is -0.357 e. The first kappa shape index (κ1) is 22.4. The van der Waals surface area contributed by atoms with Gasteiger partial charge in [-0.1, -0.05) is 18.2 Å². The van der Waals surface area contributed by atoms with Gasteiger partial charge in [0.1, 0.15) is 0 Å². The molecule has 0 fully saturated rings. The van der Waals surface area contributed by atoms with Gasteiger partial charge in [-0.25, -0.2) is 14.7 Å². The van der Waals surface area contributed by atoms with E-state index in [4.69, 9.17) is 0 Å². The van der Waals surface area contributed by atoms with Crippen molar-refractivity contribution in [1.82, 2.24) is 25.4 Å². The van der Waals surface area contributed by atoms with Gasteiger partial charge < -0.3 is 10.6 Å². The zero-order valence-corrected chi connectivity index (χ0v) is 19.6. The Morgan fingerprint density at radius 3 is 2.64 bits per heavy atom. The highest BCUT2D eigenvalue weighted by Crippen LogP contribution is 2.16. The molecular weight excluding hydrogens is 483 g/mol. The molecule has 0 aliphatic carbocycles. The summed E-state index contributed by atoms with van der Waals surface area (Å²) in [4.78, 5) is 10.5. The van der Waals surface area contributed by atoms with Crippen LogP contribution in [-0.4, -0.2) is 33.8 Å². The molecule has 0 unspecified atom stereocenters. The Bertz CT molecular complexity index is 868. The number of guanidine groups is 1. The number of nitrogens with one attached hydrogen (secondary N) is 2. The third kappa shape index (κ3) is 6.30. The largest absolute Gasteiger partial charge is 0.357 e. The molecule has 2 heterocycles. The highest BCUT2D eigenvalue weighted by molar-refractivity contribution is 14.0. The second-order valence-corrected chi connectivity index (χ2v) is 7.54. The summed E-state index contributed by atoms with van der Waals surface area (Å²) in [5.74, 6) is 0.815. The fraction of sp³-hybridized carbons (Fsp3) is 0.350. The van der Waals surface area contributed by atoms with Gasteiger partial charge in [0.05, 0.1) is 29.1 Å². The van der Waals surface area contributed by atoms with Crippen molar-refractivity contribution in [2.45, 2.75) is 33.7 Å². The molecule has 150 valence electrons. The molecule has 0 spiro atoms. The summed E-state index contributed by atoms with van der Waals surface area (Å²) in [6.45, 7) is 8.46. The van der Waals surface area contributed by atoms with E-state index in [2.05, 4.69) is 46.5 Å². The second-order valence-electron chi connectivity index (χ2n) is 6.25. The van der Waals surface area contributed by atoms with E-state index in [1.165, 1.54) is 4.88 Å². The first-order chi connectivity index (χ1) is 13.2. The molecule has 2 N–H and O–H groups in total. The van der Waals surface area contributed by atoms with E-state index in [1.54, 1.807) is 11.3 Å². The lowest BCUT2D eigenvalue weighted by Gasteiger charge is -2.10. The normalized spacial score (nSPS) is 11.2. The van der Waals surface area contributed by atoms with Gasteiger partial charge in [0.2, 0.25) is 0 Å². The van der Waals surface area contributed by atoms with Crippen molar-refractivity contribution in [3.63, 3.8) is 0 Å². The fourth-order valence-electron chi connectivity index (χ4n) is 2.61. The van der Waals surface area contributed by atoms with Gasteiger partial charge in [-0.15, -0.1) is 35.3 Å². The van der Waals surface area contributed by atoms with Crippen LogP contribution < -0.4 is 10.6 Å². The summed E-state index contributed by atoms with van der Waals surface area (Å²) < 4.78 is 1.87. The van der Waals surface area contributed by atoms with E-state index in [0.717, 1.165) is 47.4 Å². The summed E-state index contributed by atoms with van der Waals surface area (Å²) in [5, 5.41) is 12.3. The molecule has 2 aromatic heterocycles. The predicted octanol–water partition coefficient (Wildman–Crippen LogP) is 3.86. The van der Waals surface area contributed by atoms with E-state index in [-0.39, 0.29) is 24.0 Å². The van der Waals surface area contributed by atoms with Crippen molar-refractivity contribution in [3.8, 4) is 5.69 Å². The number of hydrogen-bond acceptors (Lipinski definition) is 4. The minimum absolute atomic E-state index is 0. The van der Waals surface area contributed by atoms with E-state index < -0.39 is 0 Å². The van der Waals surface area contributed by atoms with Crippen LogP contribution in [0.15, 0.2) is 47.7 Å². The van der Waals surface area contributed by atoms with E-state index in [1.807, 2.05) is 47.4 Å². The molecule has 6 nitrogen and oxygen atoms in total. The van der Waals surface area contributed by atoms with Crippen molar-refractivity contribution >= 4 is 41.3 Å². The van der Waals surface area contributed by atoms with Crippen molar-refractivity contribution in [2.75, 3.05) is 13.1 Å². The quantitative estimate of drug-likeness (QED) is 0.288. The Hall–Kier alpha value is -1.94. The molecule has 0 radical (unpaired) electrons. The minimum atomic E-state index is 0. The Labute approximate surface area is 187 Å². The summed E-state index contributed by atoms with van der Waals surface area (Å²) in [5.41, 5.74) is 3.25. The number of benzene rings is 1. The molecule has 0 bridgehead atoms. The fourth-order valence-corrected chi connectivity index (χ4v) is 3.54. The average molecular weight is 510 g/mol. The molecule has 28 heavy (non-hydrogen) atoms. The molecule has 3 aromatic rings. The van der Waals surface area contributed by atoms with E-state index >= 15 is 0 Å². The zero-order valence-electron chi connectivity index (χ0n) is 16.5. The SMILES string of the molecule is CCNC(=NCc1cnn(-c2ccccc2)c1)NCCc1nc(C)c(C)s1.I. The molecule has 1 aromatic carbocycles. The third-order valence-corrected chi connectivity index (χ3v) is 5.26. The number of nitrogens with zero attached hydrogens (tertiary/aromatic N) is 4. The number of aliphatic imine (C=N–C) groups is 1. The Morgan fingerprint density at radius 1 is 1.18 bits per heavy atom. The van der Waals surface area contributed by atoms with Gasteiger partial charge >= 0.3 is 0 Å². The maximum atomic E-state index is 4.67. The molecule has 8 heteroatoms. The smallest absolute Gasteiger partial charge is 0.191 e. The van der Waals surface area contributed by atoms with Gasteiger partial charge in [-0.05, 0) is 32.9 Å². The zero-order chi connectivity index (χ0) is 19.1. The molecule has 0 saturated heterocycles. The van der Waals surface area contributed by atoms with Crippen molar-refractivity contribution in [2.24, 2.45) is 4.99 Å². The lowest BCUT2D eigenvalue weighted by molar-refractivity contribution is 0.795. The number of para-hydroxylation sites is 1. The van der Waals surface area contributed by atoms with Gasteiger partial charge in [0.15, 0.2) is 5.96 Å². The highest BCUT2D eigenvalue weighted by Gasteiger charge is 2.05. The van der Waals surface area contributed by atoms with Crippen LogP contribution >= 0.6 is 35.3 Å². The first-order valence-corrected chi connectivity index (χ1v) is 10.0. The molecule has 0 aliphatic heterocycles. The predicted molar refractivity (Wildman–Crippen MR) is 127 cm³/mol. The number of thiazole rings is 1. The maximum absolute atomic E-state index is 4.67. The molecule has 0 aliphatic rings. The van der Waals surface area contributed by atoms with Crippen molar-refractivity contribution < 1.29 is 0 Å². The van der Waals surface area contributed by atoms with Gasteiger partial charge in [0.25, 0.3) is 0 Å². The van der Waals surface area contributed by atoms with E-state index in [9.17, 15) is 0 Å². The van der Waals surface area contributed by atoms with Crippen molar-refractivity contribution in [1.29, 1.82) is 0 Å². The molecular formula is C20H27IN6S. The van der Waals surface area contributed by atoms with Crippen LogP contribution in [0.2, 0.25) is 0 Å².